The third-order valence-corrected chi connectivity index (χ3v) is 4.12. The maximum Gasteiger partial charge on any atom is 0.164 e. The van der Waals surface area contributed by atoms with Crippen LogP contribution in [0.1, 0.15) is 22.3 Å². The fraction of sp³-hybridized carbons (Fsp3) is 0.263. The summed E-state index contributed by atoms with van der Waals surface area (Å²) in [7, 11) is 2.03. The number of nitrogens with zero attached hydrogens (tertiary/aromatic N) is 3. The highest BCUT2D eigenvalue weighted by atomic mass is 15.3. The average molecular weight is 291 g/mol. The van der Waals surface area contributed by atoms with Gasteiger partial charge in [0.15, 0.2) is 11.6 Å². The molecule has 0 unspecified atom stereocenters. The maximum absolute atomic E-state index is 4.43. The molecule has 0 aliphatic heterocycles. The molecule has 0 atom stereocenters. The molecule has 0 radical (unpaired) electrons. The Bertz CT molecular complexity index is 775. The minimum atomic E-state index is 0.910. The Labute approximate surface area is 131 Å². The molecule has 0 N–H and O–H groups in total. The van der Waals surface area contributed by atoms with Gasteiger partial charge in [0, 0.05) is 18.2 Å². The largest absolute Gasteiger partial charge is 0.310 e. The minimum absolute atomic E-state index is 0.910. The van der Waals surface area contributed by atoms with Gasteiger partial charge in [-0.25, -0.2) is 0 Å². The Morgan fingerprint density at radius 3 is 1.45 bits per heavy atom. The number of hydrogen-bond acceptors (Lipinski definition) is 2. The maximum atomic E-state index is 4.43. The van der Waals surface area contributed by atoms with Crippen molar-refractivity contribution < 1.29 is 0 Å². The van der Waals surface area contributed by atoms with Crippen molar-refractivity contribution in [2.75, 3.05) is 0 Å². The average Bonchev–Trinajstić information content (AvgIpc) is 2.81. The molecule has 0 bridgehead atoms. The molecule has 0 aliphatic carbocycles. The first-order valence-electron chi connectivity index (χ1n) is 7.52. The van der Waals surface area contributed by atoms with E-state index < -0.39 is 0 Å². The normalized spacial score (nSPS) is 11.0. The van der Waals surface area contributed by atoms with E-state index >= 15 is 0 Å². The quantitative estimate of drug-likeness (QED) is 0.701. The van der Waals surface area contributed by atoms with E-state index in [1.807, 2.05) is 7.05 Å². The van der Waals surface area contributed by atoms with E-state index in [1.165, 1.54) is 22.3 Å². The second-order valence-electron chi connectivity index (χ2n) is 6.04. The van der Waals surface area contributed by atoms with E-state index in [-0.39, 0.29) is 0 Å². The summed E-state index contributed by atoms with van der Waals surface area (Å²) in [5.41, 5.74) is 7.25. The first-order valence-corrected chi connectivity index (χ1v) is 7.52. The Morgan fingerprint density at radius 1 is 0.682 bits per heavy atom. The van der Waals surface area contributed by atoms with Gasteiger partial charge in [-0.2, -0.15) is 0 Å². The highest BCUT2D eigenvalue weighted by Gasteiger charge is 2.15. The van der Waals surface area contributed by atoms with E-state index in [2.05, 4.69) is 78.9 Å². The number of rotatable bonds is 2. The summed E-state index contributed by atoms with van der Waals surface area (Å²) in [5.74, 6) is 1.82. The molecule has 0 fully saturated rings. The molecule has 3 heteroatoms. The highest BCUT2D eigenvalue weighted by molar-refractivity contribution is 5.67. The predicted molar refractivity (Wildman–Crippen MR) is 90.8 cm³/mol. The molecule has 3 nitrogen and oxygen atoms in total. The predicted octanol–water partition coefficient (Wildman–Crippen LogP) is 4.38. The summed E-state index contributed by atoms with van der Waals surface area (Å²) in [6, 6.07) is 12.9. The van der Waals surface area contributed by atoms with Crippen molar-refractivity contribution in [1.82, 2.24) is 14.8 Å². The van der Waals surface area contributed by atoms with E-state index in [0.717, 1.165) is 22.8 Å². The monoisotopic (exact) mass is 291 g/mol. The van der Waals surface area contributed by atoms with Gasteiger partial charge in [0.25, 0.3) is 0 Å². The molecule has 0 amide bonds. The molecule has 112 valence electrons. The van der Waals surface area contributed by atoms with Crippen LogP contribution in [0, 0.1) is 27.7 Å². The van der Waals surface area contributed by atoms with Gasteiger partial charge in [-0.05, 0) is 38.8 Å². The molecular weight excluding hydrogens is 270 g/mol. The zero-order valence-corrected chi connectivity index (χ0v) is 13.8. The van der Waals surface area contributed by atoms with Gasteiger partial charge >= 0.3 is 0 Å². The van der Waals surface area contributed by atoms with E-state index in [9.17, 15) is 0 Å². The number of benzene rings is 2. The van der Waals surface area contributed by atoms with Crippen molar-refractivity contribution in [2.24, 2.45) is 7.05 Å². The molecule has 2 aromatic carbocycles. The number of aromatic nitrogens is 3. The smallest absolute Gasteiger partial charge is 0.164 e. The molecule has 0 spiro atoms. The summed E-state index contributed by atoms with van der Waals surface area (Å²) >= 11 is 0. The molecule has 1 aromatic heterocycles. The van der Waals surface area contributed by atoms with Crippen LogP contribution in [0.25, 0.3) is 22.8 Å². The summed E-state index contributed by atoms with van der Waals surface area (Å²) in [6.07, 6.45) is 0. The third kappa shape index (κ3) is 2.43. The summed E-state index contributed by atoms with van der Waals surface area (Å²) < 4.78 is 2.08. The number of hydrogen-bond donors (Lipinski definition) is 0. The third-order valence-electron chi connectivity index (χ3n) is 4.12. The van der Waals surface area contributed by atoms with Crippen LogP contribution >= 0.6 is 0 Å². The van der Waals surface area contributed by atoms with Crippen molar-refractivity contribution in [1.29, 1.82) is 0 Å². The topological polar surface area (TPSA) is 30.7 Å². The Morgan fingerprint density at radius 2 is 1.09 bits per heavy atom. The van der Waals surface area contributed by atoms with Crippen molar-refractivity contribution in [2.45, 2.75) is 27.7 Å². The number of aryl methyl sites for hydroxylation is 4. The molecule has 0 saturated carbocycles. The molecule has 0 saturated heterocycles. The minimum Gasteiger partial charge on any atom is -0.310 e. The van der Waals surface area contributed by atoms with Crippen LogP contribution in [0.5, 0.6) is 0 Å². The van der Waals surface area contributed by atoms with Crippen LogP contribution in [0.3, 0.4) is 0 Å². The van der Waals surface area contributed by atoms with Gasteiger partial charge in [-0.15, -0.1) is 10.2 Å². The molecule has 3 rings (SSSR count). The van der Waals surface area contributed by atoms with Crippen LogP contribution in [0.2, 0.25) is 0 Å². The molecule has 22 heavy (non-hydrogen) atoms. The van der Waals surface area contributed by atoms with Crippen LogP contribution < -0.4 is 0 Å². The lowest BCUT2D eigenvalue weighted by Crippen LogP contribution is -1.98. The van der Waals surface area contributed by atoms with Gasteiger partial charge in [-0.1, -0.05) is 47.5 Å². The van der Waals surface area contributed by atoms with Gasteiger partial charge in [0.05, 0.1) is 0 Å². The van der Waals surface area contributed by atoms with Crippen molar-refractivity contribution in [3.63, 3.8) is 0 Å². The lowest BCUT2D eigenvalue weighted by Gasteiger charge is -2.09. The van der Waals surface area contributed by atoms with E-state index in [1.54, 1.807) is 0 Å². The van der Waals surface area contributed by atoms with Gasteiger partial charge in [-0.3, -0.25) is 0 Å². The fourth-order valence-corrected chi connectivity index (χ4v) is 2.93. The van der Waals surface area contributed by atoms with Gasteiger partial charge in [0.2, 0.25) is 0 Å². The standard InChI is InChI=1S/C19H21N3/c1-12-6-8-16(14(3)10-12)18-20-21-19(22(18)5)17-9-7-13(2)11-15(17)4/h6-11H,1-5H3. The van der Waals surface area contributed by atoms with Gasteiger partial charge < -0.3 is 4.57 Å². The zero-order chi connectivity index (χ0) is 15.9. The van der Waals surface area contributed by atoms with E-state index in [4.69, 9.17) is 0 Å². The molecular formula is C19H21N3. The SMILES string of the molecule is Cc1ccc(-c2nnc(-c3ccc(C)cc3C)n2C)c(C)c1. The van der Waals surface area contributed by atoms with Crippen molar-refractivity contribution in [3.8, 4) is 22.8 Å². The molecule has 0 aliphatic rings. The van der Waals surface area contributed by atoms with Gasteiger partial charge in [0.1, 0.15) is 0 Å². The van der Waals surface area contributed by atoms with Crippen LogP contribution in [0.15, 0.2) is 36.4 Å². The zero-order valence-electron chi connectivity index (χ0n) is 13.8. The summed E-state index contributed by atoms with van der Waals surface area (Å²) in [4.78, 5) is 0. The van der Waals surface area contributed by atoms with Crippen molar-refractivity contribution in [3.05, 3.63) is 58.7 Å². The Hall–Kier alpha value is -2.42. The highest BCUT2D eigenvalue weighted by Crippen LogP contribution is 2.28. The Balaban J connectivity index is 2.13. The first kappa shape index (κ1) is 14.5. The van der Waals surface area contributed by atoms with Crippen LogP contribution in [-0.2, 0) is 7.05 Å². The second-order valence-corrected chi connectivity index (χ2v) is 6.04. The first-order chi connectivity index (χ1) is 10.5. The summed E-state index contributed by atoms with van der Waals surface area (Å²) in [5, 5.41) is 8.86. The van der Waals surface area contributed by atoms with Crippen molar-refractivity contribution >= 4 is 0 Å². The molecule has 1 heterocycles. The van der Waals surface area contributed by atoms with Crippen LogP contribution in [-0.4, -0.2) is 14.8 Å². The Kier molecular flexibility index (Phi) is 3.57. The van der Waals surface area contributed by atoms with E-state index in [0.29, 0.717) is 0 Å². The molecule has 3 aromatic rings. The lowest BCUT2D eigenvalue weighted by atomic mass is 10.0. The fourth-order valence-electron chi connectivity index (χ4n) is 2.93. The second kappa shape index (κ2) is 5.41. The summed E-state index contributed by atoms with van der Waals surface area (Å²) in [6.45, 7) is 8.45. The lowest BCUT2D eigenvalue weighted by molar-refractivity contribution is 0.927. The van der Waals surface area contributed by atoms with Crippen LogP contribution in [0.4, 0.5) is 0 Å².